The van der Waals surface area contributed by atoms with Crippen LogP contribution in [0.25, 0.3) is 0 Å². The number of carbonyl (C=O) groups is 1. The lowest BCUT2D eigenvalue weighted by Gasteiger charge is -1.66. The van der Waals surface area contributed by atoms with Crippen molar-refractivity contribution in [3.05, 3.63) is 18.5 Å². The molecular weight excluding hydrogens is 122 g/mol. The minimum absolute atomic E-state index is 0.153. The summed E-state index contributed by atoms with van der Waals surface area (Å²) in [5.74, 6) is 4.16. The highest BCUT2D eigenvalue weighted by Crippen LogP contribution is 1.64. The maximum atomic E-state index is 8.83. The molecule has 0 saturated carbocycles. The predicted molar refractivity (Wildman–Crippen MR) is 29.9 cm³/mol. The Morgan fingerprint density at radius 1 is 1.78 bits per heavy atom. The van der Waals surface area contributed by atoms with Crippen molar-refractivity contribution in [2.45, 2.75) is 0 Å². The summed E-state index contributed by atoms with van der Waals surface area (Å²) >= 11 is 0. The summed E-state index contributed by atoms with van der Waals surface area (Å²) in [6.07, 6.45) is 3.46. The zero-order valence-corrected chi connectivity index (χ0v) is 4.65. The van der Waals surface area contributed by atoms with Gasteiger partial charge in [0.05, 0.1) is 0 Å². The van der Waals surface area contributed by atoms with Gasteiger partial charge in [-0.1, -0.05) is 0 Å². The number of hydrogen-bond acceptors (Lipinski definition) is 4. The van der Waals surface area contributed by atoms with Gasteiger partial charge in [0.2, 0.25) is 0 Å². The summed E-state index contributed by atoms with van der Waals surface area (Å²) in [7, 11) is 0. The fraction of sp³-hybridized carbons (Fsp3) is 0. The molecule has 0 spiro atoms. The number of aromatic amines is 1. The smallest absolute Gasteiger partial charge is 0.312 e. The topological polar surface area (TPSA) is 81.0 Å². The fourth-order valence-electron chi connectivity index (χ4n) is 0.215. The zero-order valence-electron chi connectivity index (χ0n) is 4.65. The number of rotatable bonds is 1. The molecule has 0 fully saturated rings. The molecule has 5 heteroatoms. The van der Waals surface area contributed by atoms with Crippen LogP contribution in [0.1, 0.15) is 0 Å². The van der Waals surface area contributed by atoms with Crippen LogP contribution in [0.2, 0.25) is 0 Å². The van der Waals surface area contributed by atoms with Crippen LogP contribution < -0.4 is 5.90 Å². The Kier molecular flexibility index (Phi) is 5.64. The lowest BCUT2D eigenvalue weighted by atomic mass is 10.8. The van der Waals surface area contributed by atoms with Crippen LogP contribution in [0, 0.1) is 0 Å². The average molecular weight is 129 g/mol. The van der Waals surface area contributed by atoms with E-state index < -0.39 is 0 Å². The van der Waals surface area contributed by atoms with Gasteiger partial charge in [-0.25, -0.2) is 0 Å². The van der Waals surface area contributed by atoms with Crippen molar-refractivity contribution in [3.8, 4) is 0 Å². The van der Waals surface area contributed by atoms with E-state index in [1.165, 1.54) is 0 Å². The number of nitrogens with zero attached hydrogens (tertiary/aromatic N) is 1. The van der Waals surface area contributed by atoms with Crippen molar-refractivity contribution in [2.75, 3.05) is 0 Å². The molecular formula is C4H7N3O2. The normalized spacial score (nSPS) is 6.78. The van der Waals surface area contributed by atoms with E-state index >= 15 is 0 Å². The molecule has 1 rings (SSSR count). The Hall–Kier alpha value is -1.36. The highest BCUT2D eigenvalue weighted by Gasteiger charge is 1.56. The van der Waals surface area contributed by atoms with Crippen LogP contribution in [0.5, 0.6) is 0 Å². The minimum atomic E-state index is 0.153. The molecule has 1 heterocycles. The number of hydrogen-bond donors (Lipinski definition) is 2. The molecule has 0 bridgehead atoms. The number of aromatic nitrogens is 2. The Bertz CT molecular complexity index is 111. The van der Waals surface area contributed by atoms with Crippen molar-refractivity contribution in [3.63, 3.8) is 0 Å². The van der Waals surface area contributed by atoms with E-state index in [-0.39, 0.29) is 6.47 Å². The second-order valence-electron chi connectivity index (χ2n) is 0.999. The molecule has 0 aliphatic carbocycles. The van der Waals surface area contributed by atoms with Crippen molar-refractivity contribution >= 4 is 6.47 Å². The third kappa shape index (κ3) is 6.64. The first-order valence-corrected chi connectivity index (χ1v) is 2.14. The minimum Gasteiger partial charge on any atom is -0.376 e. The predicted octanol–water partition coefficient (Wildman–Crippen LogP) is -0.557. The largest absolute Gasteiger partial charge is 0.376 e. The number of nitrogens with one attached hydrogen (secondary N) is 1. The molecule has 50 valence electrons. The summed E-state index contributed by atoms with van der Waals surface area (Å²) in [5, 5.41) is 6.21. The van der Waals surface area contributed by atoms with Gasteiger partial charge in [0.25, 0.3) is 0 Å². The molecule has 0 amide bonds. The standard InChI is InChI=1S/C3H4N2.CH3NO2/c1-2-4-5-3-1;2-4-1-3/h1-3H,(H,4,5);1H,2H2. The monoisotopic (exact) mass is 129 g/mol. The summed E-state index contributed by atoms with van der Waals surface area (Å²) in [6, 6.07) is 1.83. The fourth-order valence-corrected chi connectivity index (χ4v) is 0.215. The Balaban J connectivity index is 0.000000148. The second-order valence-corrected chi connectivity index (χ2v) is 0.999. The highest BCUT2D eigenvalue weighted by molar-refractivity contribution is 5.35. The third-order valence-electron chi connectivity index (χ3n) is 0.461. The van der Waals surface area contributed by atoms with E-state index in [2.05, 4.69) is 20.9 Å². The van der Waals surface area contributed by atoms with Gasteiger partial charge in [0, 0.05) is 12.4 Å². The summed E-state index contributed by atoms with van der Waals surface area (Å²) < 4.78 is 0. The second kappa shape index (κ2) is 6.64. The van der Waals surface area contributed by atoms with Gasteiger partial charge < -0.3 is 4.84 Å². The summed E-state index contributed by atoms with van der Waals surface area (Å²) in [5.41, 5.74) is 0. The molecule has 1 aromatic heterocycles. The molecule has 0 unspecified atom stereocenters. The molecule has 0 radical (unpaired) electrons. The zero-order chi connectivity index (χ0) is 6.95. The molecule has 1 aromatic rings. The van der Waals surface area contributed by atoms with Gasteiger partial charge in [-0.3, -0.25) is 9.89 Å². The van der Waals surface area contributed by atoms with E-state index in [1.807, 2.05) is 6.07 Å². The lowest BCUT2D eigenvalue weighted by molar-refractivity contribution is -0.129. The average Bonchev–Trinajstić information content (AvgIpc) is 2.43. The van der Waals surface area contributed by atoms with Gasteiger partial charge >= 0.3 is 6.47 Å². The van der Waals surface area contributed by atoms with Gasteiger partial charge in [0.1, 0.15) is 0 Å². The van der Waals surface area contributed by atoms with Crippen molar-refractivity contribution < 1.29 is 9.63 Å². The van der Waals surface area contributed by atoms with E-state index in [1.54, 1.807) is 12.4 Å². The number of H-pyrrole nitrogens is 1. The molecule has 3 N–H and O–H groups in total. The highest BCUT2D eigenvalue weighted by atomic mass is 16.6. The van der Waals surface area contributed by atoms with E-state index in [9.17, 15) is 0 Å². The molecule has 0 aliphatic heterocycles. The molecule has 0 saturated heterocycles. The van der Waals surface area contributed by atoms with Gasteiger partial charge in [0.15, 0.2) is 0 Å². The van der Waals surface area contributed by atoms with Crippen molar-refractivity contribution in [1.82, 2.24) is 10.2 Å². The maximum absolute atomic E-state index is 8.83. The Morgan fingerprint density at radius 3 is 2.56 bits per heavy atom. The van der Waals surface area contributed by atoms with Crippen LogP contribution in [-0.2, 0) is 9.63 Å². The maximum Gasteiger partial charge on any atom is 0.312 e. The lowest BCUT2D eigenvalue weighted by Crippen LogP contribution is -1.92. The number of carbonyl (C=O) groups excluding carboxylic acids is 1. The van der Waals surface area contributed by atoms with Crippen LogP contribution in [-0.4, -0.2) is 16.7 Å². The molecule has 0 aliphatic rings. The van der Waals surface area contributed by atoms with E-state index in [0.29, 0.717) is 0 Å². The van der Waals surface area contributed by atoms with Crippen LogP contribution in [0.3, 0.4) is 0 Å². The van der Waals surface area contributed by atoms with E-state index in [4.69, 9.17) is 4.79 Å². The number of nitrogens with two attached hydrogens (primary N) is 1. The first-order chi connectivity index (χ1) is 4.41. The Morgan fingerprint density at radius 2 is 2.44 bits per heavy atom. The SMILES string of the molecule is NOC=O.c1cn[nH]c1. The van der Waals surface area contributed by atoms with Crippen LogP contribution in [0.15, 0.2) is 18.5 Å². The van der Waals surface area contributed by atoms with E-state index in [0.717, 1.165) is 0 Å². The van der Waals surface area contributed by atoms with Gasteiger partial charge in [-0.15, -0.1) is 0 Å². The Labute approximate surface area is 51.8 Å². The van der Waals surface area contributed by atoms with Crippen LogP contribution >= 0.6 is 0 Å². The quantitative estimate of drug-likeness (QED) is 0.393. The molecule has 0 atom stereocenters. The third-order valence-corrected chi connectivity index (χ3v) is 0.461. The van der Waals surface area contributed by atoms with Gasteiger partial charge in [-0.2, -0.15) is 11.0 Å². The molecule has 9 heavy (non-hydrogen) atoms. The van der Waals surface area contributed by atoms with Crippen molar-refractivity contribution in [2.24, 2.45) is 5.90 Å². The van der Waals surface area contributed by atoms with Crippen molar-refractivity contribution in [1.29, 1.82) is 0 Å². The summed E-state index contributed by atoms with van der Waals surface area (Å²) in [4.78, 5) is 12.2. The first-order valence-electron chi connectivity index (χ1n) is 2.14. The first kappa shape index (κ1) is 7.64. The molecule has 5 nitrogen and oxygen atoms in total. The van der Waals surface area contributed by atoms with Crippen LogP contribution in [0.4, 0.5) is 0 Å². The van der Waals surface area contributed by atoms with Gasteiger partial charge in [-0.05, 0) is 6.07 Å². The summed E-state index contributed by atoms with van der Waals surface area (Å²) in [6.45, 7) is 0.153. The molecule has 0 aromatic carbocycles.